The monoisotopic (exact) mass is 357 g/mol. The molecule has 1 unspecified atom stereocenters. The predicted octanol–water partition coefficient (Wildman–Crippen LogP) is 2.46. The van der Waals surface area contributed by atoms with E-state index in [1.807, 2.05) is 0 Å². The molecule has 2 aromatic rings. The predicted molar refractivity (Wildman–Crippen MR) is 77.7 cm³/mol. The van der Waals surface area contributed by atoms with Crippen molar-refractivity contribution in [2.45, 2.75) is 19.5 Å². The SMILES string of the molecule is Cc1ccc(-c2cc(C(=O)N3CCC(C(=O)O)(C(F)(F)F)C3)n[nH]2)o1. The van der Waals surface area contributed by atoms with Crippen LogP contribution in [0.3, 0.4) is 0 Å². The standard InChI is InChI=1S/C15H14F3N3O4/c1-8-2-3-11(25-8)9-6-10(20-19-9)12(22)21-5-4-14(7-21,13(23)24)15(16,17)18/h2-3,6H,4-5,7H2,1H3,(H,19,20)(H,23,24). The van der Waals surface area contributed by atoms with Crippen LogP contribution >= 0.6 is 0 Å². The van der Waals surface area contributed by atoms with Crippen LogP contribution in [0.2, 0.25) is 0 Å². The fraction of sp³-hybridized carbons (Fsp3) is 0.400. The molecule has 1 aliphatic rings. The van der Waals surface area contributed by atoms with Gasteiger partial charge in [-0.2, -0.15) is 18.3 Å². The number of carboxylic acids is 1. The number of aliphatic carboxylic acids is 1. The van der Waals surface area contributed by atoms with Crippen molar-refractivity contribution in [3.63, 3.8) is 0 Å². The first-order valence-corrected chi connectivity index (χ1v) is 7.36. The smallest absolute Gasteiger partial charge is 0.406 e. The minimum absolute atomic E-state index is 0.104. The van der Waals surface area contributed by atoms with Crippen molar-refractivity contribution in [2.24, 2.45) is 5.41 Å². The van der Waals surface area contributed by atoms with Gasteiger partial charge in [0.05, 0.1) is 0 Å². The second kappa shape index (κ2) is 5.64. The number of furan rings is 1. The topological polar surface area (TPSA) is 99.4 Å². The van der Waals surface area contributed by atoms with Gasteiger partial charge >= 0.3 is 12.1 Å². The maximum absolute atomic E-state index is 13.2. The van der Waals surface area contributed by atoms with E-state index in [0.717, 1.165) is 4.90 Å². The first-order valence-electron chi connectivity index (χ1n) is 7.36. The number of H-pyrrole nitrogens is 1. The van der Waals surface area contributed by atoms with E-state index in [9.17, 15) is 22.8 Å². The lowest BCUT2D eigenvalue weighted by Gasteiger charge is -2.27. The van der Waals surface area contributed by atoms with E-state index in [0.29, 0.717) is 17.2 Å². The Morgan fingerprint density at radius 1 is 1.40 bits per heavy atom. The molecule has 1 saturated heterocycles. The Bertz CT molecular complexity index is 826. The number of aromatic nitrogens is 2. The molecule has 3 heterocycles. The number of nitrogens with one attached hydrogen (secondary N) is 1. The molecule has 10 heteroatoms. The maximum Gasteiger partial charge on any atom is 0.406 e. The van der Waals surface area contributed by atoms with Crippen LogP contribution in [0, 0.1) is 12.3 Å². The number of halogens is 3. The zero-order valence-electron chi connectivity index (χ0n) is 13.1. The van der Waals surface area contributed by atoms with Crippen LogP contribution in [-0.4, -0.2) is 51.3 Å². The highest BCUT2D eigenvalue weighted by Gasteiger charge is 2.64. The summed E-state index contributed by atoms with van der Waals surface area (Å²) in [5.41, 5.74) is -2.65. The van der Waals surface area contributed by atoms with Crippen molar-refractivity contribution in [3.05, 3.63) is 29.7 Å². The summed E-state index contributed by atoms with van der Waals surface area (Å²) in [6.45, 7) is 0.484. The number of carbonyl (C=O) groups is 2. The Hall–Kier alpha value is -2.78. The number of likely N-dealkylation sites (tertiary alicyclic amines) is 1. The summed E-state index contributed by atoms with van der Waals surface area (Å²) in [5.74, 6) is -1.67. The molecule has 2 aromatic heterocycles. The Labute approximate surface area is 139 Å². The van der Waals surface area contributed by atoms with E-state index < -0.39 is 36.4 Å². The van der Waals surface area contributed by atoms with E-state index in [-0.39, 0.29) is 12.2 Å². The van der Waals surface area contributed by atoms with Gasteiger partial charge in [-0.3, -0.25) is 14.7 Å². The summed E-state index contributed by atoms with van der Waals surface area (Å²) in [4.78, 5) is 24.4. The van der Waals surface area contributed by atoms with Gasteiger partial charge in [0.2, 0.25) is 0 Å². The quantitative estimate of drug-likeness (QED) is 0.879. The number of hydrogen-bond donors (Lipinski definition) is 2. The molecule has 1 amide bonds. The Kier molecular flexibility index (Phi) is 3.85. The number of alkyl halides is 3. The molecule has 0 spiro atoms. The van der Waals surface area contributed by atoms with Gasteiger partial charge in [0.1, 0.15) is 11.5 Å². The van der Waals surface area contributed by atoms with Crippen LogP contribution in [0.15, 0.2) is 22.6 Å². The van der Waals surface area contributed by atoms with Crippen molar-refractivity contribution in [1.82, 2.24) is 15.1 Å². The van der Waals surface area contributed by atoms with Crippen LogP contribution in [0.5, 0.6) is 0 Å². The van der Waals surface area contributed by atoms with Gasteiger partial charge in [-0.05, 0) is 25.5 Å². The summed E-state index contributed by atoms with van der Waals surface area (Å²) in [6.07, 6.45) is -5.64. The summed E-state index contributed by atoms with van der Waals surface area (Å²) in [6, 6.07) is 4.73. The molecule has 1 fully saturated rings. The average Bonchev–Trinajstić information content (AvgIpc) is 3.24. The van der Waals surface area contributed by atoms with Gasteiger partial charge in [-0.15, -0.1) is 0 Å². The number of amides is 1. The molecule has 25 heavy (non-hydrogen) atoms. The van der Waals surface area contributed by atoms with Crippen molar-refractivity contribution in [3.8, 4) is 11.5 Å². The summed E-state index contributed by atoms with van der Waals surface area (Å²) in [5, 5.41) is 15.4. The number of carboxylic acid groups (broad SMARTS) is 1. The molecule has 0 aliphatic carbocycles. The van der Waals surface area contributed by atoms with Crippen LogP contribution in [-0.2, 0) is 4.79 Å². The molecule has 0 saturated carbocycles. The molecule has 2 N–H and O–H groups in total. The molecule has 1 aliphatic heterocycles. The van der Waals surface area contributed by atoms with Gasteiger partial charge in [-0.1, -0.05) is 0 Å². The molecule has 0 aromatic carbocycles. The lowest BCUT2D eigenvalue weighted by Crippen LogP contribution is -2.47. The van der Waals surface area contributed by atoms with Crippen molar-refractivity contribution >= 4 is 11.9 Å². The van der Waals surface area contributed by atoms with E-state index >= 15 is 0 Å². The third-order valence-corrected chi connectivity index (χ3v) is 4.31. The lowest BCUT2D eigenvalue weighted by molar-refractivity contribution is -0.227. The van der Waals surface area contributed by atoms with Crippen LogP contribution in [0.4, 0.5) is 13.2 Å². The second-order valence-corrected chi connectivity index (χ2v) is 5.94. The van der Waals surface area contributed by atoms with E-state index in [4.69, 9.17) is 9.52 Å². The second-order valence-electron chi connectivity index (χ2n) is 5.94. The molecular formula is C15H14F3N3O4. The van der Waals surface area contributed by atoms with E-state index in [1.165, 1.54) is 6.07 Å². The van der Waals surface area contributed by atoms with E-state index in [2.05, 4.69) is 10.2 Å². The fourth-order valence-corrected chi connectivity index (χ4v) is 2.81. The molecule has 7 nitrogen and oxygen atoms in total. The highest BCUT2D eigenvalue weighted by Crippen LogP contribution is 2.46. The third kappa shape index (κ3) is 2.77. The van der Waals surface area contributed by atoms with Gasteiger partial charge in [0, 0.05) is 19.2 Å². The summed E-state index contributed by atoms with van der Waals surface area (Å²) >= 11 is 0. The van der Waals surface area contributed by atoms with Crippen molar-refractivity contribution in [2.75, 3.05) is 13.1 Å². The molecular weight excluding hydrogens is 343 g/mol. The highest BCUT2D eigenvalue weighted by molar-refractivity contribution is 5.94. The number of aryl methyl sites for hydroxylation is 1. The number of rotatable bonds is 3. The largest absolute Gasteiger partial charge is 0.481 e. The van der Waals surface area contributed by atoms with Gasteiger partial charge < -0.3 is 14.4 Å². The Morgan fingerprint density at radius 2 is 2.12 bits per heavy atom. The van der Waals surface area contributed by atoms with E-state index in [1.54, 1.807) is 19.1 Å². The first kappa shape index (κ1) is 17.1. The van der Waals surface area contributed by atoms with Gasteiger partial charge in [-0.25, -0.2) is 0 Å². The Morgan fingerprint density at radius 3 is 2.64 bits per heavy atom. The molecule has 134 valence electrons. The zero-order valence-corrected chi connectivity index (χ0v) is 13.1. The lowest BCUT2D eigenvalue weighted by atomic mass is 9.86. The molecule has 1 atom stereocenters. The third-order valence-electron chi connectivity index (χ3n) is 4.31. The Balaban J connectivity index is 1.81. The zero-order chi connectivity index (χ0) is 18.4. The van der Waals surface area contributed by atoms with Crippen LogP contribution < -0.4 is 0 Å². The number of aromatic amines is 1. The molecule has 3 rings (SSSR count). The van der Waals surface area contributed by atoms with Crippen molar-refractivity contribution in [1.29, 1.82) is 0 Å². The van der Waals surface area contributed by atoms with Gasteiger partial charge in [0.15, 0.2) is 16.9 Å². The first-order chi connectivity index (χ1) is 11.6. The highest BCUT2D eigenvalue weighted by atomic mass is 19.4. The van der Waals surface area contributed by atoms with Crippen LogP contribution in [0.1, 0.15) is 22.7 Å². The molecule has 0 bridgehead atoms. The summed E-state index contributed by atoms with van der Waals surface area (Å²) in [7, 11) is 0. The minimum atomic E-state index is -4.95. The summed E-state index contributed by atoms with van der Waals surface area (Å²) < 4.78 is 44.9. The normalized spacial score (nSPS) is 20.9. The number of carbonyl (C=O) groups excluding carboxylic acids is 1. The number of nitrogens with zero attached hydrogens (tertiary/aromatic N) is 2. The average molecular weight is 357 g/mol. The van der Waals surface area contributed by atoms with Crippen LogP contribution in [0.25, 0.3) is 11.5 Å². The number of hydrogen-bond acceptors (Lipinski definition) is 4. The minimum Gasteiger partial charge on any atom is -0.481 e. The molecule has 0 radical (unpaired) electrons. The fourth-order valence-electron chi connectivity index (χ4n) is 2.81. The maximum atomic E-state index is 13.2. The van der Waals surface area contributed by atoms with Gasteiger partial charge in [0.25, 0.3) is 5.91 Å². The van der Waals surface area contributed by atoms with Crippen molar-refractivity contribution < 1.29 is 32.3 Å².